The second-order valence-corrected chi connectivity index (χ2v) is 6.46. The van der Waals surface area contributed by atoms with Gasteiger partial charge in [-0.2, -0.15) is 5.10 Å². The van der Waals surface area contributed by atoms with Gasteiger partial charge in [0.15, 0.2) is 0 Å². The summed E-state index contributed by atoms with van der Waals surface area (Å²) in [6.45, 7) is 0. The maximum absolute atomic E-state index is 9.58. The Hall–Kier alpha value is -2.88. The molecule has 5 rings (SSSR count). The van der Waals surface area contributed by atoms with Gasteiger partial charge in [-0.1, -0.05) is 0 Å². The van der Waals surface area contributed by atoms with Gasteiger partial charge in [0.1, 0.15) is 5.75 Å². The zero-order chi connectivity index (χ0) is 16.1. The molecule has 24 heavy (non-hydrogen) atoms. The normalized spacial score (nSPS) is 14.2. The summed E-state index contributed by atoms with van der Waals surface area (Å²) in [5.41, 5.74) is 6.98. The third kappa shape index (κ3) is 1.92. The number of phenols is 1. The van der Waals surface area contributed by atoms with Gasteiger partial charge in [0, 0.05) is 16.3 Å². The largest absolute Gasteiger partial charge is 0.508 e. The Morgan fingerprint density at radius 1 is 0.917 bits per heavy atom. The van der Waals surface area contributed by atoms with Crippen molar-refractivity contribution in [1.82, 2.24) is 15.2 Å². The molecule has 0 unspecified atom stereocenters. The van der Waals surface area contributed by atoms with Gasteiger partial charge in [-0.3, -0.25) is 5.10 Å². The fraction of sp³-hybridized carbons (Fsp3) is 0.200. The number of pyridine rings is 1. The number of phenolic OH excluding ortho intramolecular Hbond substituents is 1. The summed E-state index contributed by atoms with van der Waals surface area (Å²) in [4.78, 5) is 4.99. The third-order valence-corrected chi connectivity index (χ3v) is 5.03. The van der Waals surface area contributed by atoms with Crippen LogP contribution in [0.4, 0.5) is 0 Å². The number of aromatic amines is 1. The van der Waals surface area contributed by atoms with E-state index in [0.717, 1.165) is 40.5 Å². The number of H-pyrrole nitrogens is 1. The van der Waals surface area contributed by atoms with E-state index in [1.165, 1.54) is 29.4 Å². The predicted octanol–water partition coefficient (Wildman–Crippen LogP) is 4.36. The van der Waals surface area contributed by atoms with Gasteiger partial charge < -0.3 is 5.11 Å². The summed E-state index contributed by atoms with van der Waals surface area (Å²) >= 11 is 0. The molecule has 4 heteroatoms. The van der Waals surface area contributed by atoms with Crippen molar-refractivity contribution in [3.63, 3.8) is 0 Å². The molecule has 2 heterocycles. The summed E-state index contributed by atoms with van der Waals surface area (Å²) in [5.74, 6) is 0.286. The first-order valence-corrected chi connectivity index (χ1v) is 8.38. The average molecular weight is 315 g/mol. The van der Waals surface area contributed by atoms with E-state index in [2.05, 4.69) is 16.3 Å². The van der Waals surface area contributed by atoms with Crippen LogP contribution in [0, 0.1) is 0 Å². The molecule has 2 N–H and O–H groups in total. The summed E-state index contributed by atoms with van der Waals surface area (Å²) < 4.78 is 0. The molecule has 0 atom stereocenters. The molecule has 2 aromatic heterocycles. The van der Waals surface area contributed by atoms with Crippen LogP contribution < -0.4 is 0 Å². The van der Waals surface area contributed by atoms with Crippen LogP contribution in [0.15, 0.2) is 42.6 Å². The van der Waals surface area contributed by atoms with E-state index in [4.69, 9.17) is 4.98 Å². The fourth-order valence-corrected chi connectivity index (χ4v) is 3.90. The lowest BCUT2D eigenvalue weighted by atomic mass is 9.85. The smallest absolute Gasteiger partial charge is 0.115 e. The second kappa shape index (κ2) is 5.06. The molecule has 0 amide bonds. The van der Waals surface area contributed by atoms with Crippen molar-refractivity contribution in [2.75, 3.05) is 0 Å². The van der Waals surface area contributed by atoms with Crippen molar-refractivity contribution in [2.24, 2.45) is 0 Å². The minimum absolute atomic E-state index is 0.286. The van der Waals surface area contributed by atoms with Gasteiger partial charge in [0.2, 0.25) is 0 Å². The molecule has 0 fully saturated rings. The van der Waals surface area contributed by atoms with Crippen LogP contribution in [-0.2, 0) is 12.8 Å². The van der Waals surface area contributed by atoms with Crippen LogP contribution in [0.25, 0.3) is 33.1 Å². The summed E-state index contributed by atoms with van der Waals surface area (Å²) in [5, 5.41) is 19.3. The first-order chi connectivity index (χ1) is 11.8. The molecule has 118 valence electrons. The van der Waals surface area contributed by atoms with E-state index < -0.39 is 0 Å². The Morgan fingerprint density at radius 2 is 1.71 bits per heavy atom. The number of hydrogen-bond donors (Lipinski definition) is 2. The Balaban J connectivity index is 1.88. The molecule has 0 aliphatic heterocycles. The van der Waals surface area contributed by atoms with Gasteiger partial charge in [-0.05, 0) is 73.2 Å². The van der Waals surface area contributed by atoms with Gasteiger partial charge in [-0.25, -0.2) is 4.98 Å². The number of aromatic hydroxyl groups is 1. The fourth-order valence-electron chi connectivity index (χ4n) is 3.90. The minimum Gasteiger partial charge on any atom is -0.508 e. The average Bonchev–Trinajstić information content (AvgIpc) is 3.10. The van der Waals surface area contributed by atoms with E-state index in [-0.39, 0.29) is 5.75 Å². The van der Waals surface area contributed by atoms with Crippen LogP contribution in [0.2, 0.25) is 0 Å². The maximum Gasteiger partial charge on any atom is 0.115 e. The van der Waals surface area contributed by atoms with Gasteiger partial charge in [-0.15, -0.1) is 0 Å². The quantitative estimate of drug-likeness (QED) is 0.548. The topological polar surface area (TPSA) is 61.8 Å². The van der Waals surface area contributed by atoms with Crippen LogP contribution in [0.5, 0.6) is 5.75 Å². The maximum atomic E-state index is 9.58. The molecule has 4 aromatic rings. The van der Waals surface area contributed by atoms with E-state index in [0.29, 0.717) is 0 Å². The lowest BCUT2D eigenvalue weighted by molar-refractivity contribution is 0.475. The Morgan fingerprint density at radius 3 is 2.54 bits per heavy atom. The van der Waals surface area contributed by atoms with Crippen molar-refractivity contribution in [1.29, 1.82) is 0 Å². The van der Waals surface area contributed by atoms with Crippen LogP contribution >= 0.6 is 0 Å². The van der Waals surface area contributed by atoms with Crippen molar-refractivity contribution >= 4 is 21.8 Å². The van der Waals surface area contributed by atoms with Gasteiger partial charge >= 0.3 is 0 Å². The Labute approximate surface area is 139 Å². The SMILES string of the molecule is Oc1ccc(-c2nc3ccc4[nH]ncc4c3c3c2CCCC3)cc1. The first kappa shape index (κ1) is 13.5. The molecule has 0 bridgehead atoms. The highest BCUT2D eigenvalue weighted by Crippen LogP contribution is 2.37. The third-order valence-electron chi connectivity index (χ3n) is 5.03. The number of nitrogens with one attached hydrogen (secondary N) is 1. The van der Waals surface area contributed by atoms with E-state index in [1.807, 2.05) is 24.4 Å². The monoisotopic (exact) mass is 315 g/mol. The number of aryl methyl sites for hydroxylation is 1. The first-order valence-electron chi connectivity index (χ1n) is 8.38. The molecule has 0 radical (unpaired) electrons. The number of rotatable bonds is 1. The number of benzene rings is 2. The van der Waals surface area contributed by atoms with Crippen LogP contribution in [0.1, 0.15) is 24.0 Å². The van der Waals surface area contributed by atoms with Crippen LogP contribution in [0.3, 0.4) is 0 Å². The van der Waals surface area contributed by atoms with E-state index >= 15 is 0 Å². The molecular weight excluding hydrogens is 298 g/mol. The molecule has 2 aromatic carbocycles. The van der Waals surface area contributed by atoms with Crippen molar-refractivity contribution in [3.05, 3.63) is 53.7 Å². The number of nitrogens with zero attached hydrogens (tertiary/aromatic N) is 2. The second-order valence-electron chi connectivity index (χ2n) is 6.46. The Bertz CT molecular complexity index is 1060. The molecule has 0 saturated carbocycles. The summed E-state index contributed by atoms with van der Waals surface area (Å²) in [7, 11) is 0. The van der Waals surface area contributed by atoms with Gasteiger partial charge in [0.05, 0.1) is 22.9 Å². The molecule has 4 nitrogen and oxygen atoms in total. The van der Waals surface area contributed by atoms with Crippen molar-refractivity contribution < 1.29 is 5.11 Å². The predicted molar refractivity (Wildman–Crippen MR) is 95.1 cm³/mol. The van der Waals surface area contributed by atoms with Crippen molar-refractivity contribution in [2.45, 2.75) is 25.7 Å². The number of hydrogen-bond acceptors (Lipinski definition) is 3. The highest BCUT2D eigenvalue weighted by atomic mass is 16.3. The van der Waals surface area contributed by atoms with E-state index in [9.17, 15) is 5.11 Å². The summed E-state index contributed by atoms with van der Waals surface area (Å²) in [6, 6.07) is 11.5. The summed E-state index contributed by atoms with van der Waals surface area (Å²) in [6.07, 6.45) is 6.48. The standard InChI is InChI=1S/C20H17N3O/c24-13-7-5-12(6-8-13)20-15-4-2-1-3-14(15)19-16-11-21-23-17(16)9-10-18(19)22-20/h5-11,24H,1-4H2,(H,21,23). The molecule has 0 saturated heterocycles. The highest BCUT2D eigenvalue weighted by molar-refractivity contribution is 6.07. The highest BCUT2D eigenvalue weighted by Gasteiger charge is 2.21. The minimum atomic E-state index is 0.286. The molecule has 1 aliphatic rings. The molecule has 1 aliphatic carbocycles. The zero-order valence-corrected chi connectivity index (χ0v) is 13.2. The lowest BCUT2D eigenvalue weighted by Gasteiger charge is -2.21. The Kier molecular flexibility index (Phi) is 2.86. The number of aromatic nitrogens is 3. The van der Waals surface area contributed by atoms with Crippen molar-refractivity contribution in [3.8, 4) is 17.0 Å². The van der Waals surface area contributed by atoms with E-state index in [1.54, 1.807) is 12.1 Å². The van der Waals surface area contributed by atoms with Gasteiger partial charge in [0.25, 0.3) is 0 Å². The lowest BCUT2D eigenvalue weighted by Crippen LogP contribution is -2.07. The molecule has 0 spiro atoms. The van der Waals surface area contributed by atoms with Crippen LogP contribution in [-0.4, -0.2) is 20.3 Å². The molecular formula is C20H17N3O. The number of fused-ring (bicyclic) bond motifs is 5. The zero-order valence-electron chi connectivity index (χ0n) is 13.2.